The summed E-state index contributed by atoms with van der Waals surface area (Å²) in [6.45, 7) is 4.53. The number of hydrogen-bond donors (Lipinski definition) is 2. The quantitative estimate of drug-likeness (QED) is 0.400. The van der Waals surface area contributed by atoms with E-state index < -0.39 is 0 Å². The molecule has 6 heterocycles. The standard InChI is InChI=1S/C25H25N9O/c1-16-14-33(9-10-35-16)17-6-7-23-31-25(32-34(23)15-17)20-13-29-24(26-2)19-12-28-22(11-18(19)20)30-21-5-3-4-8-27-21/h3-8,11-13,15-16H,9-10,14H2,1-2H3,(H,26,29)(H,27,28,30). The predicted molar refractivity (Wildman–Crippen MR) is 136 cm³/mol. The molecule has 1 unspecified atom stereocenters. The van der Waals surface area contributed by atoms with Crippen LogP contribution in [0.25, 0.3) is 27.8 Å². The van der Waals surface area contributed by atoms with E-state index >= 15 is 0 Å². The molecule has 2 N–H and O–H groups in total. The first-order valence-corrected chi connectivity index (χ1v) is 11.6. The summed E-state index contributed by atoms with van der Waals surface area (Å²) in [5, 5.41) is 13.0. The minimum Gasteiger partial charge on any atom is -0.375 e. The van der Waals surface area contributed by atoms with Gasteiger partial charge in [0.25, 0.3) is 0 Å². The van der Waals surface area contributed by atoms with Gasteiger partial charge < -0.3 is 20.3 Å². The third kappa shape index (κ3) is 4.08. The van der Waals surface area contributed by atoms with Crippen LogP contribution in [0.1, 0.15) is 6.92 Å². The molecule has 5 aromatic heterocycles. The second-order valence-electron chi connectivity index (χ2n) is 8.48. The maximum Gasteiger partial charge on any atom is 0.184 e. The molecule has 10 nitrogen and oxygen atoms in total. The zero-order valence-electron chi connectivity index (χ0n) is 19.5. The number of nitrogens with one attached hydrogen (secondary N) is 2. The molecule has 0 aliphatic carbocycles. The van der Waals surface area contributed by atoms with Crippen molar-refractivity contribution in [1.29, 1.82) is 0 Å². The molecule has 0 aromatic carbocycles. The van der Waals surface area contributed by atoms with Gasteiger partial charge in [0.15, 0.2) is 11.5 Å². The van der Waals surface area contributed by atoms with Crippen LogP contribution in [0.2, 0.25) is 0 Å². The number of ether oxygens (including phenoxy) is 1. The second kappa shape index (κ2) is 8.80. The molecule has 0 radical (unpaired) electrons. The molecule has 1 saturated heterocycles. The van der Waals surface area contributed by atoms with Crippen LogP contribution in [-0.4, -0.2) is 62.4 Å². The van der Waals surface area contributed by atoms with Gasteiger partial charge in [-0.15, -0.1) is 5.10 Å². The normalized spacial score (nSPS) is 16.1. The average molecular weight is 468 g/mol. The van der Waals surface area contributed by atoms with E-state index in [0.717, 1.165) is 59.0 Å². The lowest BCUT2D eigenvalue weighted by Gasteiger charge is -2.32. The molecule has 1 fully saturated rings. The number of morpholine rings is 1. The number of anilines is 4. The molecular weight excluding hydrogens is 442 g/mol. The molecule has 10 heteroatoms. The van der Waals surface area contributed by atoms with Gasteiger partial charge in [0.1, 0.15) is 17.5 Å². The lowest BCUT2D eigenvalue weighted by Crippen LogP contribution is -2.41. The smallest absolute Gasteiger partial charge is 0.184 e. The topological polar surface area (TPSA) is 105 Å². The molecule has 5 aromatic rings. The van der Waals surface area contributed by atoms with Crippen molar-refractivity contribution in [3.8, 4) is 11.4 Å². The predicted octanol–water partition coefficient (Wildman–Crippen LogP) is 3.74. The zero-order chi connectivity index (χ0) is 23.8. The highest BCUT2D eigenvalue weighted by Crippen LogP contribution is 2.32. The van der Waals surface area contributed by atoms with Crippen LogP contribution in [0.5, 0.6) is 0 Å². The van der Waals surface area contributed by atoms with Crippen molar-refractivity contribution >= 4 is 39.6 Å². The van der Waals surface area contributed by atoms with E-state index in [9.17, 15) is 0 Å². The van der Waals surface area contributed by atoms with Crippen LogP contribution in [0, 0.1) is 0 Å². The number of hydrogen-bond acceptors (Lipinski definition) is 9. The van der Waals surface area contributed by atoms with Crippen LogP contribution in [-0.2, 0) is 4.74 Å². The fraction of sp³-hybridized carbons (Fsp3) is 0.240. The molecule has 0 bridgehead atoms. The molecule has 0 spiro atoms. The largest absolute Gasteiger partial charge is 0.375 e. The summed E-state index contributed by atoms with van der Waals surface area (Å²) >= 11 is 0. The lowest BCUT2D eigenvalue weighted by molar-refractivity contribution is 0.0532. The summed E-state index contributed by atoms with van der Waals surface area (Å²) in [5.74, 6) is 2.75. The highest BCUT2D eigenvalue weighted by molar-refractivity contribution is 6.01. The minimum absolute atomic E-state index is 0.205. The van der Waals surface area contributed by atoms with E-state index in [0.29, 0.717) is 11.6 Å². The number of rotatable bonds is 5. The Morgan fingerprint density at radius 3 is 2.80 bits per heavy atom. The monoisotopic (exact) mass is 467 g/mol. The summed E-state index contributed by atoms with van der Waals surface area (Å²) in [5.41, 5.74) is 2.70. The van der Waals surface area contributed by atoms with Crippen molar-refractivity contribution in [3.05, 3.63) is 61.2 Å². The first-order chi connectivity index (χ1) is 17.2. The van der Waals surface area contributed by atoms with Crippen molar-refractivity contribution < 1.29 is 4.74 Å². The number of pyridine rings is 4. The van der Waals surface area contributed by atoms with Crippen molar-refractivity contribution in [2.24, 2.45) is 0 Å². The van der Waals surface area contributed by atoms with Crippen LogP contribution >= 0.6 is 0 Å². The molecular formula is C25H25N9O. The van der Waals surface area contributed by atoms with E-state index in [1.165, 1.54) is 0 Å². The van der Waals surface area contributed by atoms with E-state index in [2.05, 4.69) is 43.5 Å². The van der Waals surface area contributed by atoms with Crippen LogP contribution in [0.15, 0.2) is 61.2 Å². The molecule has 35 heavy (non-hydrogen) atoms. The Balaban J connectivity index is 1.41. The van der Waals surface area contributed by atoms with Crippen molar-refractivity contribution in [2.75, 3.05) is 42.3 Å². The van der Waals surface area contributed by atoms with Crippen LogP contribution in [0.3, 0.4) is 0 Å². The Labute approximate surface area is 202 Å². The summed E-state index contributed by atoms with van der Waals surface area (Å²) in [7, 11) is 1.85. The first kappa shape index (κ1) is 21.2. The molecule has 176 valence electrons. The fourth-order valence-electron chi connectivity index (χ4n) is 4.38. The Morgan fingerprint density at radius 2 is 1.97 bits per heavy atom. The average Bonchev–Trinajstić information content (AvgIpc) is 3.32. The Bertz CT molecular complexity index is 1500. The maximum atomic E-state index is 5.68. The maximum absolute atomic E-state index is 5.68. The SMILES string of the molecule is CNc1ncc(-c2nc3ccc(N4CCOC(C)C4)cn3n2)c2cc(Nc3ccccn3)ncc12. The Hall–Kier alpha value is -4.31. The lowest BCUT2D eigenvalue weighted by atomic mass is 10.1. The van der Waals surface area contributed by atoms with Gasteiger partial charge in [-0.3, -0.25) is 0 Å². The van der Waals surface area contributed by atoms with Gasteiger partial charge in [0.05, 0.1) is 24.6 Å². The molecule has 0 amide bonds. The highest BCUT2D eigenvalue weighted by atomic mass is 16.5. The summed E-state index contributed by atoms with van der Waals surface area (Å²) < 4.78 is 7.51. The van der Waals surface area contributed by atoms with Crippen molar-refractivity contribution in [1.82, 2.24) is 29.5 Å². The van der Waals surface area contributed by atoms with E-state index in [-0.39, 0.29) is 6.10 Å². The minimum atomic E-state index is 0.205. The highest BCUT2D eigenvalue weighted by Gasteiger charge is 2.19. The third-order valence-corrected chi connectivity index (χ3v) is 6.09. The van der Waals surface area contributed by atoms with Crippen LogP contribution < -0.4 is 15.5 Å². The number of aromatic nitrogens is 6. The third-order valence-electron chi connectivity index (χ3n) is 6.09. The van der Waals surface area contributed by atoms with Gasteiger partial charge in [-0.1, -0.05) is 6.07 Å². The zero-order valence-corrected chi connectivity index (χ0v) is 19.5. The summed E-state index contributed by atoms with van der Waals surface area (Å²) in [6, 6.07) is 11.8. The number of fused-ring (bicyclic) bond motifs is 2. The van der Waals surface area contributed by atoms with E-state index in [4.69, 9.17) is 14.8 Å². The molecule has 1 atom stereocenters. The van der Waals surface area contributed by atoms with Gasteiger partial charge in [-0.05, 0) is 37.3 Å². The molecule has 6 rings (SSSR count). The van der Waals surface area contributed by atoms with Crippen molar-refractivity contribution in [2.45, 2.75) is 13.0 Å². The van der Waals surface area contributed by atoms with Gasteiger partial charge in [-0.2, -0.15) is 0 Å². The van der Waals surface area contributed by atoms with E-state index in [1.807, 2.05) is 48.1 Å². The second-order valence-corrected chi connectivity index (χ2v) is 8.48. The number of nitrogens with zero attached hydrogens (tertiary/aromatic N) is 7. The van der Waals surface area contributed by atoms with Crippen LogP contribution in [0.4, 0.5) is 23.1 Å². The first-order valence-electron chi connectivity index (χ1n) is 11.6. The summed E-state index contributed by atoms with van der Waals surface area (Å²) in [4.78, 5) is 20.6. The molecule has 1 aliphatic rings. The van der Waals surface area contributed by atoms with Gasteiger partial charge in [0.2, 0.25) is 0 Å². The van der Waals surface area contributed by atoms with Crippen molar-refractivity contribution in [3.63, 3.8) is 0 Å². The Morgan fingerprint density at radius 1 is 1.03 bits per heavy atom. The Kier molecular flexibility index (Phi) is 5.34. The molecule has 1 aliphatic heterocycles. The van der Waals surface area contributed by atoms with E-state index in [1.54, 1.807) is 18.6 Å². The van der Waals surface area contributed by atoms with Gasteiger partial charge in [0, 0.05) is 55.1 Å². The summed E-state index contributed by atoms with van der Waals surface area (Å²) in [6.07, 6.45) is 7.58. The molecule has 0 saturated carbocycles. The van der Waals surface area contributed by atoms with Gasteiger partial charge >= 0.3 is 0 Å². The fourth-order valence-corrected chi connectivity index (χ4v) is 4.38. The van der Waals surface area contributed by atoms with Gasteiger partial charge in [-0.25, -0.2) is 24.5 Å².